The lowest BCUT2D eigenvalue weighted by Crippen LogP contribution is -1.97. The zero-order chi connectivity index (χ0) is 7.56. The van der Waals surface area contributed by atoms with Crippen molar-refractivity contribution in [1.29, 1.82) is 0 Å². The highest BCUT2D eigenvalue weighted by molar-refractivity contribution is 5.13. The molecule has 0 aromatic carbocycles. The van der Waals surface area contributed by atoms with Gasteiger partial charge in [-0.2, -0.15) is 0 Å². The highest BCUT2D eigenvalue weighted by atomic mass is 16.6. The van der Waals surface area contributed by atoms with E-state index in [0.29, 0.717) is 5.76 Å². The van der Waals surface area contributed by atoms with E-state index in [2.05, 4.69) is 0 Å². The number of hydrogen-bond donors (Lipinski definition) is 0. The third-order valence-electron chi connectivity index (χ3n) is 1.24. The Morgan fingerprint density at radius 3 is 2.90 bits per heavy atom. The van der Waals surface area contributed by atoms with E-state index in [1.807, 2.05) is 0 Å². The maximum atomic E-state index is 9.96. The fourth-order valence-corrected chi connectivity index (χ4v) is 0.683. The van der Waals surface area contributed by atoms with Gasteiger partial charge in [0.05, 0.1) is 6.26 Å². The van der Waals surface area contributed by atoms with Gasteiger partial charge in [-0.05, 0) is 18.6 Å². The van der Waals surface area contributed by atoms with Gasteiger partial charge in [-0.25, -0.2) is 0 Å². The molecule has 54 valence electrons. The van der Waals surface area contributed by atoms with Crippen molar-refractivity contribution in [3.8, 4) is 0 Å². The number of nitrogens with zero attached hydrogens (tertiary/aromatic N) is 1. The van der Waals surface area contributed by atoms with Crippen LogP contribution >= 0.6 is 0 Å². The molecule has 10 heavy (non-hydrogen) atoms. The normalized spacial score (nSPS) is 9.70. The molecule has 0 aliphatic carbocycles. The van der Waals surface area contributed by atoms with Crippen LogP contribution in [0.5, 0.6) is 0 Å². The summed E-state index contributed by atoms with van der Waals surface area (Å²) in [7, 11) is 0. The molecule has 4 nitrogen and oxygen atoms in total. The van der Waals surface area contributed by atoms with Gasteiger partial charge >= 0.3 is 0 Å². The molecule has 1 rings (SSSR count). The SMILES string of the molecule is Cc1ccoc1C[N+](=O)[O-]. The van der Waals surface area contributed by atoms with Crippen LogP contribution < -0.4 is 0 Å². The van der Waals surface area contributed by atoms with E-state index in [9.17, 15) is 10.1 Å². The number of furan rings is 1. The molecule has 0 fully saturated rings. The second kappa shape index (κ2) is 2.51. The number of hydrogen-bond acceptors (Lipinski definition) is 3. The molecule has 0 unspecified atom stereocenters. The summed E-state index contributed by atoms with van der Waals surface area (Å²) in [4.78, 5) is 9.55. The van der Waals surface area contributed by atoms with Gasteiger partial charge < -0.3 is 4.42 Å². The minimum atomic E-state index is -0.411. The van der Waals surface area contributed by atoms with E-state index in [1.54, 1.807) is 13.0 Å². The van der Waals surface area contributed by atoms with Gasteiger partial charge in [0, 0.05) is 4.92 Å². The molecular weight excluding hydrogens is 134 g/mol. The smallest absolute Gasteiger partial charge is 0.260 e. The second-order valence-electron chi connectivity index (χ2n) is 2.02. The summed E-state index contributed by atoms with van der Waals surface area (Å²) in [6.07, 6.45) is 1.45. The van der Waals surface area contributed by atoms with Crippen molar-refractivity contribution in [3.05, 3.63) is 33.8 Å². The van der Waals surface area contributed by atoms with Crippen LogP contribution in [0.4, 0.5) is 0 Å². The first-order valence-corrected chi connectivity index (χ1v) is 2.85. The molecule has 0 atom stereocenters. The Balaban J connectivity index is 2.74. The Morgan fingerprint density at radius 1 is 1.80 bits per heavy atom. The van der Waals surface area contributed by atoms with Crippen LogP contribution in [0.3, 0.4) is 0 Å². The first-order chi connectivity index (χ1) is 4.70. The molecule has 0 saturated heterocycles. The van der Waals surface area contributed by atoms with Crippen molar-refractivity contribution >= 4 is 0 Å². The van der Waals surface area contributed by atoms with Gasteiger partial charge in [-0.1, -0.05) is 0 Å². The van der Waals surface area contributed by atoms with E-state index in [4.69, 9.17) is 4.42 Å². The molecule has 0 saturated carbocycles. The van der Waals surface area contributed by atoms with Gasteiger partial charge in [0.25, 0.3) is 6.54 Å². The minimum Gasteiger partial charge on any atom is -0.462 e. The molecule has 1 aromatic rings. The summed E-state index contributed by atoms with van der Waals surface area (Å²) in [6, 6.07) is 1.71. The molecule has 0 aliphatic rings. The van der Waals surface area contributed by atoms with Crippen LogP contribution in [0.15, 0.2) is 16.7 Å². The molecule has 0 bridgehead atoms. The Labute approximate surface area is 57.6 Å². The third-order valence-corrected chi connectivity index (χ3v) is 1.24. The zero-order valence-electron chi connectivity index (χ0n) is 5.53. The number of aryl methyl sites for hydroxylation is 1. The molecule has 1 aromatic heterocycles. The maximum absolute atomic E-state index is 9.96. The van der Waals surface area contributed by atoms with Gasteiger partial charge in [0.1, 0.15) is 0 Å². The first kappa shape index (κ1) is 6.80. The highest BCUT2D eigenvalue weighted by Crippen LogP contribution is 2.08. The lowest BCUT2D eigenvalue weighted by Gasteiger charge is -1.88. The Morgan fingerprint density at radius 2 is 2.50 bits per heavy atom. The van der Waals surface area contributed by atoms with Crippen molar-refractivity contribution in [2.24, 2.45) is 0 Å². The Kier molecular flexibility index (Phi) is 1.71. The maximum Gasteiger partial charge on any atom is 0.260 e. The molecule has 0 spiro atoms. The predicted octanol–water partition coefficient (Wildman–Crippen LogP) is 1.36. The van der Waals surface area contributed by atoms with Crippen molar-refractivity contribution in [3.63, 3.8) is 0 Å². The van der Waals surface area contributed by atoms with Crippen molar-refractivity contribution in [2.75, 3.05) is 0 Å². The van der Waals surface area contributed by atoms with Crippen LogP contribution in [0, 0.1) is 17.0 Å². The highest BCUT2D eigenvalue weighted by Gasteiger charge is 2.07. The van der Waals surface area contributed by atoms with E-state index in [1.165, 1.54) is 6.26 Å². The predicted molar refractivity (Wildman–Crippen MR) is 34.1 cm³/mol. The van der Waals surface area contributed by atoms with Crippen molar-refractivity contribution in [1.82, 2.24) is 0 Å². The quantitative estimate of drug-likeness (QED) is 0.461. The second-order valence-corrected chi connectivity index (χ2v) is 2.02. The topological polar surface area (TPSA) is 56.3 Å². The standard InChI is InChI=1S/C6H7NO3/c1-5-2-3-10-6(5)4-7(8)9/h2-3H,4H2,1H3. The number of rotatable bonds is 2. The number of nitro groups is 1. The van der Waals surface area contributed by atoms with Crippen LogP contribution in [-0.2, 0) is 6.54 Å². The fraction of sp³-hybridized carbons (Fsp3) is 0.333. The van der Waals surface area contributed by atoms with Crippen LogP contribution in [0.25, 0.3) is 0 Å². The molecule has 0 N–H and O–H groups in total. The molecule has 0 amide bonds. The van der Waals surface area contributed by atoms with E-state index < -0.39 is 4.92 Å². The van der Waals surface area contributed by atoms with E-state index >= 15 is 0 Å². The summed E-state index contributed by atoms with van der Waals surface area (Å²) in [5.41, 5.74) is 0.830. The minimum absolute atomic E-state index is 0.223. The summed E-state index contributed by atoms with van der Waals surface area (Å²) in [5, 5.41) is 9.96. The average Bonchev–Trinajstić information content (AvgIpc) is 2.15. The molecule has 4 heteroatoms. The summed E-state index contributed by atoms with van der Waals surface area (Å²) >= 11 is 0. The van der Waals surface area contributed by atoms with Gasteiger partial charge in [-0.3, -0.25) is 10.1 Å². The zero-order valence-corrected chi connectivity index (χ0v) is 5.53. The molecule has 0 radical (unpaired) electrons. The van der Waals surface area contributed by atoms with E-state index in [-0.39, 0.29) is 6.54 Å². The Hall–Kier alpha value is -1.32. The van der Waals surface area contributed by atoms with Crippen LogP contribution in [0.1, 0.15) is 11.3 Å². The van der Waals surface area contributed by atoms with Gasteiger partial charge in [0.2, 0.25) is 0 Å². The average molecular weight is 141 g/mol. The van der Waals surface area contributed by atoms with Crippen LogP contribution in [-0.4, -0.2) is 4.92 Å². The van der Waals surface area contributed by atoms with Crippen molar-refractivity contribution < 1.29 is 9.34 Å². The fourth-order valence-electron chi connectivity index (χ4n) is 0.683. The van der Waals surface area contributed by atoms with Crippen LogP contribution in [0.2, 0.25) is 0 Å². The van der Waals surface area contributed by atoms with E-state index in [0.717, 1.165) is 5.56 Å². The monoisotopic (exact) mass is 141 g/mol. The molecule has 1 heterocycles. The Bertz CT molecular complexity index is 241. The summed E-state index contributed by atoms with van der Waals surface area (Å²) < 4.78 is 4.83. The van der Waals surface area contributed by atoms with Gasteiger partial charge in [0.15, 0.2) is 5.76 Å². The van der Waals surface area contributed by atoms with Gasteiger partial charge in [-0.15, -0.1) is 0 Å². The summed E-state index contributed by atoms with van der Waals surface area (Å²) in [6.45, 7) is 1.56. The molecule has 0 aliphatic heterocycles. The largest absolute Gasteiger partial charge is 0.462 e. The first-order valence-electron chi connectivity index (χ1n) is 2.85. The lowest BCUT2D eigenvalue weighted by molar-refractivity contribution is -0.499. The third kappa shape index (κ3) is 1.34. The lowest BCUT2D eigenvalue weighted by atomic mass is 10.3. The van der Waals surface area contributed by atoms with Crippen molar-refractivity contribution in [2.45, 2.75) is 13.5 Å². The molecular formula is C6H7NO3. The summed E-state index contributed by atoms with van der Waals surface area (Å²) in [5.74, 6) is 0.435.